The number of carbonyl (C=O) groups excluding carboxylic acids is 2. The second kappa shape index (κ2) is 5.89. The Morgan fingerprint density at radius 3 is 2.91 bits per heavy atom. The molecule has 1 aliphatic heterocycles. The van der Waals surface area contributed by atoms with E-state index in [9.17, 15) is 9.59 Å². The van der Waals surface area contributed by atoms with Crippen LogP contribution in [0.2, 0.25) is 0 Å². The van der Waals surface area contributed by atoms with Crippen molar-refractivity contribution in [2.45, 2.75) is 13.3 Å². The lowest BCUT2D eigenvalue weighted by Crippen LogP contribution is -2.25. The lowest BCUT2D eigenvalue weighted by atomic mass is 10.1. The highest BCUT2D eigenvalue weighted by molar-refractivity contribution is 5.98. The van der Waals surface area contributed by atoms with E-state index in [0.717, 1.165) is 11.1 Å². The van der Waals surface area contributed by atoms with Gasteiger partial charge in [0, 0.05) is 5.69 Å². The van der Waals surface area contributed by atoms with E-state index in [1.54, 1.807) is 18.2 Å². The third kappa shape index (κ3) is 3.09. The number of aryl methyl sites for hydroxylation is 1. The van der Waals surface area contributed by atoms with Crippen molar-refractivity contribution in [1.82, 2.24) is 0 Å². The van der Waals surface area contributed by atoms with E-state index in [1.165, 1.54) is 0 Å². The van der Waals surface area contributed by atoms with Gasteiger partial charge in [0.25, 0.3) is 5.91 Å². The van der Waals surface area contributed by atoms with E-state index in [-0.39, 0.29) is 18.4 Å². The number of nitrogens with one attached hydrogen (secondary N) is 2. The standard InChI is InChI=1S/C17H16N2O3/c1-11-4-2-3-5-12(11)8-16(20)18-13-6-7-15-14(9-13)19-17(21)10-22-15/h2-7,9H,8,10H2,1H3,(H,18,20)(H,19,21). The van der Waals surface area contributed by atoms with Crippen molar-refractivity contribution in [2.24, 2.45) is 0 Å². The van der Waals surface area contributed by atoms with E-state index in [2.05, 4.69) is 10.6 Å². The van der Waals surface area contributed by atoms with Crippen LogP contribution in [0.25, 0.3) is 0 Å². The Hall–Kier alpha value is -2.82. The van der Waals surface area contributed by atoms with Crippen LogP contribution in [0.5, 0.6) is 5.75 Å². The van der Waals surface area contributed by atoms with Gasteiger partial charge in [-0.05, 0) is 36.2 Å². The van der Waals surface area contributed by atoms with Crippen molar-refractivity contribution in [3.8, 4) is 5.75 Å². The van der Waals surface area contributed by atoms with Crippen molar-refractivity contribution in [2.75, 3.05) is 17.2 Å². The molecule has 2 aromatic carbocycles. The molecule has 5 nitrogen and oxygen atoms in total. The maximum absolute atomic E-state index is 12.1. The molecule has 0 aliphatic carbocycles. The average Bonchev–Trinajstić information content (AvgIpc) is 2.49. The zero-order valence-corrected chi connectivity index (χ0v) is 12.2. The van der Waals surface area contributed by atoms with Gasteiger partial charge in [-0.2, -0.15) is 0 Å². The molecule has 112 valence electrons. The van der Waals surface area contributed by atoms with Crippen molar-refractivity contribution < 1.29 is 14.3 Å². The van der Waals surface area contributed by atoms with Crippen LogP contribution in [0.15, 0.2) is 42.5 Å². The van der Waals surface area contributed by atoms with Gasteiger partial charge in [-0.1, -0.05) is 24.3 Å². The minimum Gasteiger partial charge on any atom is -0.482 e. The first-order chi connectivity index (χ1) is 10.6. The van der Waals surface area contributed by atoms with Crippen LogP contribution in [0.3, 0.4) is 0 Å². The SMILES string of the molecule is Cc1ccccc1CC(=O)Nc1ccc2c(c1)NC(=O)CO2. The molecule has 0 aromatic heterocycles. The number of ether oxygens (including phenoxy) is 1. The van der Waals surface area contributed by atoms with Crippen LogP contribution >= 0.6 is 0 Å². The van der Waals surface area contributed by atoms with E-state index >= 15 is 0 Å². The molecule has 5 heteroatoms. The van der Waals surface area contributed by atoms with E-state index in [4.69, 9.17) is 4.74 Å². The molecule has 0 fully saturated rings. The molecule has 1 aliphatic rings. The van der Waals surface area contributed by atoms with Gasteiger partial charge >= 0.3 is 0 Å². The lowest BCUT2D eigenvalue weighted by Gasteiger charge is -2.18. The molecular formula is C17H16N2O3. The minimum absolute atomic E-state index is 0.0198. The van der Waals surface area contributed by atoms with E-state index < -0.39 is 0 Å². The molecule has 0 saturated carbocycles. The summed E-state index contributed by atoms with van der Waals surface area (Å²) in [5, 5.41) is 5.55. The van der Waals surface area contributed by atoms with Gasteiger partial charge in [0.1, 0.15) is 5.75 Å². The van der Waals surface area contributed by atoms with Gasteiger partial charge in [0.15, 0.2) is 6.61 Å². The summed E-state index contributed by atoms with van der Waals surface area (Å²) < 4.78 is 5.28. The average molecular weight is 296 g/mol. The first kappa shape index (κ1) is 14.1. The molecule has 0 unspecified atom stereocenters. The topological polar surface area (TPSA) is 67.4 Å². The molecule has 0 radical (unpaired) electrons. The van der Waals surface area contributed by atoms with Crippen LogP contribution in [-0.4, -0.2) is 18.4 Å². The second-order valence-electron chi connectivity index (χ2n) is 5.20. The fourth-order valence-corrected chi connectivity index (χ4v) is 2.35. The number of amides is 2. The third-order valence-corrected chi connectivity index (χ3v) is 3.51. The highest BCUT2D eigenvalue weighted by Gasteiger charge is 2.16. The first-order valence-electron chi connectivity index (χ1n) is 7.03. The Morgan fingerprint density at radius 2 is 2.09 bits per heavy atom. The van der Waals surface area contributed by atoms with Gasteiger partial charge in [-0.3, -0.25) is 9.59 Å². The van der Waals surface area contributed by atoms with Gasteiger partial charge in [0.2, 0.25) is 5.91 Å². The molecule has 1 heterocycles. The number of hydrogen-bond acceptors (Lipinski definition) is 3. The number of anilines is 2. The Balaban J connectivity index is 1.71. The zero-order valence-electron chi connectivity index (χ0n) is 12.2. The Bertz CT molecular complexity index is 740. The van der Waals surface area contributed by atoms with Crippen LogP contribution in [0.4, 0.5) is 11.4 Å². The summed E-state index contributed by atoms with van der Waals surface area (Å²) in [4.78, 5) is 23.5. The molecule has 22 heavy (non-hydrogen) atoms. The predicted molar refractivity (Wildman–Crippen MR) is 84.1 cm³/mol. The number of carbonyl (C=O) groups is 2. The van der Waals surface area contributed by atoms with Crippen LogP contribution in [0, 0.1) is 6.92 Å². The summed E-state index contributed by atoms with van der Waals surface area (Å²) in [7, 11) is 0. The fraction of sp³-hybridized carbons (Fsp3) is 0.176. The largest absolute Gasteiger partial charge is 0.482 e. The summed E-state index contributed by atoms with van der Waals surface area (Å²) >= 11 is 0. The van der Waals surface area contributed by atoms with Gasteiger partial charge in [0.05, 0.1) is 12.1 Å². The van der Waals surface area contributed by atoms with Gasteiger partial charge in [-0.15, -0.1) is 0 Å². The van der Waals surface area contributed by atoms with Crippen molar-refractivity contribution >= 4 is 23.2 Å². The molecule has 2 amide bonds. The molecule has 0 atom stereocenters. The molecule has 3 rings (SSSR count). The Kier molecular flexibility index (Phi) is 3.78. The fourth-order valence-electron chi connectivity index (χ4n) is 2.35. The van der Waals surface area contributed by atoms with Crippen LogP contribution in [-0.2, 0) is 16.0 Å². The van der Waals surface area contributed by atoms with Gasteiger partial charge < -0.3 is 15.4 Å². The molecule has 0 bridgehead atoms. The predicted octanol–water partition coefficient (Wildman–Crippen LogP) is 2.51. The third-order valence-electron chi connectivity index (χ3n) is 3.51. The highest BCUT2D eigenvalue weighted by Crippen LogP contribution is 2.30. The van der Waals surface area contributed by atoms with Crippen LogP contribution in [0.1, 0.15) is 11.1 Å². The summed E-state index contributed by atoms with van der Waals surface area (Å²) in [6.45, 7) is 2.00. The Labute approximate surface area is 128 Å². The summed E-state index contributed by atoms with van der Waals surface area (Å²) in [5.41, 5.74) is 3.28. The van der Waals surface area contributed by atoms with Gasteiger partial charge in [-0.25, -0.2) is 0 Å². The normalized spacial score (nSPS) is 12.9. The quantitative estimate of drug-likeness (QED) is 0.914. The molecule has 0 saturated heterocycles. The Morgan fingerprint density at radius 1 is 1.27 bits per heavy atom. The van der Waals surface area contributed by atoms with Crippen molar-refractivity contribution in [3.05, 3.63) is 53.6 Å². The van der Waals surface area contributed by atoms with E-state index in [1.807, 2.05) is 31.2 Å². The maximum Gasteiger partial charge on any atom is 0.262 e. The number of hydrogen-bond donors (Lipinski definition) is 2. The lowest BCUT2D eigenvalue weighted by molar-refractivity contribution is -0.118. The molecule has 0 spiro atoms. The second-order valence-corrected chi connectivity index (χ2v) is 5.20. The van der Waals surface area contributed by atoms with Crippen molar-refractivity contribution in [3.63, 3.8) is 0 Å². The summed E-state index contributed by atoms with van der Waals surface area (Å²) in [6, 6.07) is 13.0. The summed E-state index contributed by atoms with van der Waals surface area (Å²) in [5.74, 6) is 0.310. The van der Waals surface area contributed by atoms with Crippen molar-refractivity contribution in [1.29, 1.82) is 0 Å². The molecule has 2 N–H and O–H groups in total. The zero-order chi connectivity index (χ0) is 15.5. The number of fused-ring (bicyclic) bond motifs is 1. The van der Waals surface area contributed by atoms with Crippen LogP contribution < -0.4 is 15.4 Å². The monoisotopic (exact) mass is 296 g/mol. The first-order valence-corrected chi connectivity index (χ1v) is 7.03. The number of rotatable bonds is 3. The molecular weight excluding hydrogens is 280 g/mol. The highest BCUT2D eigenvalue weighted by atomic mass is 16.5. The molecule has 2 aromatic rings. The van der Waals surface area contributed by atoms with E-state index in [0.29, 0.717) is 23.5 Å². The smallest absolute Gasteiger partial charge is 0.262 e. The maximum atomic E-state index is 12.1. The number of benzene rings is 2. The summed E-state index contributed by atoms with van der Waals surface area (Å²) in [6.07, 6.45) is 0.312. The minimum atomic E-state index is -0.198.